The molecule has 0 fully saturated rings. The van der Waals surface area contributed by atoms with E-state index >= 15 is 0 Å². The van der Waals surface area contributed by atoms with Crippen molar-refractivity contribution in [2.45, 2.75) is 13.0 Å². The summed E-state index contributed by atoms with van der Waals surface area (Å²) in [6.07, 6.45) is -0.473. The molecule has 2 aromatic carbocycles. The third-order valence-corrected chi connectivity index (χ3v) is 5.57. The minimum Gasteiger partial charge on any atom is -0.289 e. The second-order valence-electron chi connectivity index (χ2n) is 7.62. The molecule has 0 spiro atoms. The molecule has 8 nitrogen and oxygen atoms in total. The van der Waals surface area contributed by atoms with Gasteiger partial charge in [-0.15, -0.1) is 5.10 Å². The van der Waals surface area contributed by atoms with Crippen LogP contribution < -0.4 is 5.32 Å². The minimum absolute atomic E-state index is 0.0682. The predicted octanol–water partition coefficient (Wildman–Crippen LogP) is 5.16. The number of nitrogens with one attached hydrogen (secondary N) is 1. The average molecular weight is 516 g/mol. The number of anilines is 1. The summed E-state index contributed by atoms with van der Waals surface area (Å²) in [7, 11) is 0. The Hall–Kier alpha value is -4.32. The molecule has 0 saturated heterocycles. The molecule has 0 saturated carbocycles. The Labute approximate surface area is 205 Å². The first-order valence-electron chi connectivity index (χ1n) is 10.4. The first-order valence-corrected chi connectivity index (χ1v) is 10.7. The summed E-state index contributed by atoms with van der Waals surface area (Å²) in [6.45, 7) is 0.166. The normalized spacial score (nSPS) is 11.4. The molecule has 5 aromatic rings. The highest BCUT2D eigenvalue weighted by molar-refractivity contribution is 6.31. The van der Waals surface area contributed by atoms with E-state index in [-0.39, 0.29) is 34.4 Å². The van der Waals surface area contributed by atoms with Gasteiger partial charge in [0.1, 0.15) is 29.2 Å². The largest absolute Gasteiger partial charge is 0.289 e. The Balaban J connectivity index is 1.43. The van der Waals surface area contributed by atoms with Crippen LogP contribution in [0, 0.1) is 11.6 Å². The number of hydrogen-bond acceptors (Lipinski definition) is 5. The van der Waals surface area contributed by atoms with E-state index in [1.807, 2.05) is 0 Å². The summed E-state index contributed by atoms with van der Waals surface area (Å²) in [5.74, 6) is -1.77. The Bertz CT molecular complexity index is 1580. The van der Waals surface area contributed by atoms with E-state index < -0.39 is 29.7 Å². The van der Waals surface area contributed by atoms with Crippen molar-refractivity contribution >= 4 is 29.1 Å². The van der Waals surface area contributed by atoms with Crippen LogP contribution in [-0.4, -0.2) is 35.3 Å². The number of hydrogen-bond donors (Lipinski definition) is 1. The smallest absolute Gasteiger partial charge is 0.280 e. The van der Waals surface area contributed by atoms with E-state index in [1.165, 1.54) is 53.5 Å². The van der Waals surface area contributed by atoms with Gasteiger partial charge in [-0.05, 0) is 48.0 Å². The fourth-order valence-corrected chi connectivity index (χ4v) is 3.72. The van der Waals surface area contributed by atoms with Gasteiger partial charge in [-0.3, -0.25) is 10.1 Å². The number of rotatable bonds is 6. The van der Waals surface area contributed by atoms with Gasteiger partial charge in [-0.2, -0.15) is 5.10 Å². The zero-order valence-corrected chi connectivity index (χ0v) is 18.8. The average Bonchev–Trinajstić information content (AvgIpc) is 3.47. The standard InChI is InChI=1S/C23H14ClF4N7O/c24-17-7-15(26)6-3-13(17)10-34-11-29-23(33-34)32-22(36)16-9-30-35-19(20(27)28)8-18(31-21(16)35)12-1-4-14(25)5-2-12/h1-9,11,20H,10H2,(H,32,33,36). The lowest BCUT2D eigenvalue weighted by molar-refractivity contribution is 0.102. The van der Waals surface area contributed by atoms with Crippen LogP contribution in [0.2, 0.25) is 5.02 Å². The molecule has 3 heterocycles. The van der Waals surface area contributed by atoms with Gasteiger partial charge in [0.15, 0.2) is 5.65 Å². The molecule has 3 aromatic heterocycles. The Morgan fingerprint density at radius 3 is 2.53 bits per heavy atom. The van der Waals surface area contributed by atoms with Crippen molar-refractivity contribution in [2.24, 2.45) is 0 Å². The number of amides is 1. The van der Waals surface area contributed by atoms with Crippen LogP contribution in [-0.2, 0) is 6.54 Å². The number of nitrogens with zero attached hydrogens (tertiary/aromatic N) is 6. The zero-order valence-electron chi connectivity index (χ0n) is 18.0. The minimum atomic E-state index is -2.92. The molecular formula is C23H14ClF4N7O. The van der Waals surface area contributed by atoms with Gasteiger partial charge in [0.05, 0.1) is 18.4 Å². The fourth-order valence-electron chi connectivity index (χ4n) is 3.49. The maximum atomic E-state index is 13.7. The monoisotopic (exact) mass is 515 g/mol. The first kappa shape index (κ1) is 23.4. The molecule has 0 aliphatic rings. The summed E-state index contributed by atoms with van der Waals surface area (Å²) >= 11 is 6.03. The second-order valence-corrected chi connectivity index (χ2v) is 8.03. The highest BCUT2D eigenvalue weighted by Crippen LogP contribution is 2.27. The van der Waals surface area contributed by atoms with Gasteiger partial charge in [0.25, 0.3) is 12.3 Å². The van der Waals surface area contributed by atoms with E-state index in [1.54, 1.807) is 0 Å². The van der Waals surface area contributed by atoms with Crippen molar-refractivity contribution in [1.82, 2.24) is 29.4 Å². The number of aromatic nitrogens is 6. The van der Waals surface area contributed by atoms with Crippen molar-refractivity contribution in [3.8, 4) is 11.3 Å². The predicted molar refractivity (Wildman–Crippen MR) is 122 cm³/mol. The molecule has 182 valence electrons. The molecule has 36 heavy (non-hydrogen) atoms. The lowest BCUT2D eigenvalue weighted by atomic mass is 10.1. The fraction of sp³-hybridized carbons (Fsp3) is 0.0870. The van der Waals surface area contributed by atoms with Crippen LogP contribution in [0.5, 0.6) is 0 Å². The first-order chi connectivity index (χ1) is 17.3. The van der Waals surface area contributed by atoms with Crippen LogP contribution >= 0.6 is 11.6 Å². The molecule has 0 aliphatic carbocycles. The van der Waals surface area contributed by atoms with Crippen molar-refractivity contribution in [1.29, 1.82) is 0 Å². The molecule has 5 rings (SSSR count). The van der Waals surface area contributed by atoms with Gasteiger partial charge in [0, 0.05) is 10.6 Å². The molecule has 0 unspecified atom stereocenters. The van der Waals surface area contributed by atoms with Crippen molar-refractivity contribution in [3.05, 3.63) is 94.5 Å². The zero-order chi connectivity index (χ0) is 25.4. The summed E-state index contributed by atoms with van der Waals surface area (Å²) in [6, 6.07) is 10.2. The van der Waals surface area contributed by atoms with Crippen molar-refractivity contribution in [3.63, 3.8) is 0 Å². The molecule has 0 bridgehead atoms. The van der Waals surface area contributed by atoms with E-state index in [0.717, 1.165) is 16.8 Å². The SMILES string of the molecule is O=C(Nc1ncn(Cc2ccc(F)cc2Cl)n1)c1cnn2c(C(F)F)cc(-c3ccc(F)cc3)nc12. The van der Waals surface area contributed by atoms with Gasteiger partial charge in [-0.1, -0.05) is 17.7 Å². The lowest BCUT2D eigenvalue weighted by Gasteiger charge is -2.08. The van der Waals surface area contributed by atoms with E-state index in [9.17, 15) is 22.4 Å². The van der Waals surface area contributed by atoms with E-state index in [2.05, 4.69) is 25.5 Å². The number of carbonyl (C=O) groups excluding carboxylic acids is 1. The Morgan fingerprint density at radius 2 is 1.81 bits per heavy atom. The number of fused-ring (bicyclic) bond motifs is 1. The molecule has 13 heteroatoms. The van der Waals surface area contributed by atoms with Crippen LogP contribution in [0.1, 0.15) is 28.0 Å². The lowest BCUT2D eigenvalue weighted by Crippen LogP contribution is -2.14. The van der Waals surface area contributed by atoms with Gasteiger partial charge in [-0.25, -0.2) is 36.7 Å². The third kappa shape index (κ3) is 4.62. The topological polar surface area (TPSA) is 90.0 Å². The van der Waals surface area contributed by atoms with Crippen LogP contribution in [0.25, 0.3) is 16.9 Å². The third-order valence-electron chi connectivity index (χ3n) is 5.22. The molecule has 0 aliphatic heterocycles. The van der Waals surface area contributed by atoms with Crippen molar-refractivity contribution in [2.75, 3.05) is 5.32 Å². The second kappa shape index (κ2) is 9.38. The quantitative estimate of drug-likeness (QED) is 0.316. The van der Waals surface area contributed by atoms with Crippen LogP contribution in [0.15, 0.2) is 61.1 Å². The Kier molecular flexibility index (Phi) is 6.10. The molecule has 0 atom stereocenters. The molecule has 1 amide bonds. The van der Waals surface area contributed by atoms with Crippen molar-refractivity contribution < 1.29 is 22.4 Å². The number of halogens is 5. The van der Waals surface area contributed by atoms with Gasteiger partial charge < -0.3 is 0 Å². The number of alkyl halides is 2. The highest BCUT2D eigenvalue weighted by Gasteiger charge is 2.22. The van der Waals surface area contributed by atoms with E-state index in [0.29, 0.717) is 11.1 Å². The van der Waals surface area contributed by atoms with Gasteiger partial charge >= 0.3 is 0 Å². The van der Waals surface area contributed by atoms with Crippen LogP contribution in [0.4, 0.5) is 23.5 Å². The van der Waals surface area contributed by atoms with Gasteiger partial charge in [0.2, 0.25) is 5.95 Å². The maximum Gasteiger partial charge on any atom is 0.280 e. The summed E-state index contributed by atoms with van der Waals surface area (Å²) < 4.78 is 56.3. The number of carbonyl (C=O) groups is 1. The summed E-state index contributed by atoms with van der Waals surface area (Å²) in [4.78, 5) is 21.2. The van der Waals surface area contributed by atoms with Crippen LogP contribution in [0.3, 0.4) is 0 Å². The summed E-state index contributed by atoms with van der Waals surface area (Å²) in [5, 5.41) is 10.7. The number of benzene rings is 2. The molecule has 0 radical (unpaired) electrons. The molecule has 1 N–H and O–H groups in total. The highest BCUT2D eigenvalue weighted by atomic mass is 35.5. The maximum absolute atomic E-state index is 13.7. The Morgan fingerprint density at radius 1 is 1.06 bits per heavy atom. The van der Waals surface area contributed by atoms with E-state index in [4.69, 9.17) is 11.6 Å². The summed E-state index contributed by atoms with van der Waals surface area (Å²) in [5.41, 5.74) is 0.373. The molecular weight excluding hydrogens is 502 g/mol.